The largest absolute Gasteiger partial charge is 0.325 e. The third kappa shape index (κ3) is 4.26. The molecular formula is C17H14BrFN4OS. The van der Waals surface area contributed by atoms with Crippen LogP contribution in [0.25, 0.3) is 11.4 Å². The Balaban J connectivity index is 1.65. The van der Waals surface area contributed by atoms with Gasteiger partial charge in [-0.1, -0.05) is 39.8 Å². The summed E-state index contributed by atoms with van der Waals surface area (Å²) in [6.45, 7) is 0. The highest BCUT2D eigenvalue weighted by Crippen LogP contribution is 2.24. The number of nitrogens with one attached hydrogen (secondary N) is 1. The number of anilines is 1. The van der Waals surface area contributed by atoms with E-state index in [1.165, 1.54) is 17.8 Å². The summed E-state index contributed by atoms with van der Waals surface area (Å²) in [6.07, 6.45) is 0. The predicted molar refractivity (Wildman–Crippen MR) is 99.9 cm³/mol. The second-order valence-corrected chi connectivity index (χ2v) is 7.05. The molecule has 0 aliphatic heterocycles. The maximum Gasteiger partial charge on any atom is 0.234 e. The molecule has 1 N–H and O–H groups in total. The van der Waals surface area contributed by atoms with E-state index in [1.54, 1.807) is 29.8 Å². The standard InChI is InChI=1S/C17H14BrFN4OS/c1-23-16(13-4-2-3-5-14(13)19)21-22-17(23)25-10-15(24)20-12-8-6-11(18)7-9-12/h2-9H,10H2,1H3,(H,20,24). The van der Waals surface area contributed by atoms with Gasteiger partial charge in [-0.05, 0) is 36.4 Å². The van der Waals surface area contributed by atoms with Crippen LogP contribution in [0.1, 0.15) is 0 Å². The van der Waals surface area contributed by atoms with Gasteiger partial charge < -0.3 is 9.88 Å². The van der Waals surface area contributed by atoms with E-state index in [-0.39, 0.29) is 17.5 Å². The minimum Gasteiger partial charge on any atom is -0.325 e. The molecule has 8 heteroatoms. The summed E-state index contributed by atoms with van der Waals surface area (Å²) in [5, 5.41) is 11.4. The van der Waals surface area contributed by atoms with Crippen molar-refractivity contribution in [1.82, 2.24) is 14.8 Å². The molecule has 1 heterocycles. The lowest BCUT2D eigenvalue weighted by Gasteiger charge is -2.06. The van der Waals surface area contributed by atoms with Crippen molar-refractivity contribution < 1.29 is 9.18 Å². The second-order valence-electron chi connectivity index (χ2n) is 5.19. The van der Waals surface area contributed by atoms with Crippen molar-refractivity contribution in [3.63, 3.8) is 0 Å². The fraction of sp³-hybridized carbons (Fsp3) is 0.118. The van der Waals surface area contributed by atoms with Crippen molar-refractivity contribution in [2.75, 3.05) is 11.1 Å². The van der Waals surface area contributed by atoms with Crippen molar-refractivity contribution in [3.05, 3.63) is 58.8 Å². The smallest absolute Gasteiger partial charge is 0.234 e. The molecule has 5 nitrogen and oxygen atoms in total. The molecule has 0 saturated heterocycles. The Hall–Kier alpha value is -2.19. The first-order valence-electron chi connectivity index (χ1n) is 7.37. The Morgan fingerprint density at radius 2 is 1.92 bits per heavy atom. The fourth-order valence-corrected chi connectivity index (χ4v) is 3.15. The van der Waals surface area contributed by atoms with Gasteiger partial charge in [0, 0.05) is 17.2 Å². The Labute approximate surface area is 156 Å². The lowest BCUT2D eigenvalue weighted by atomic mass is 10.2. The first kappa shape index (κ1) is 17.6. The number of amides is 1. The van der Waals surface area contributed by atoms with Crippen molar-refractivity contribution in [1.29, 1.82) is 0 Å². The lowest BCUT2D eigenvalue weighted by Crippen LogP contribution is -2.14. The monoisotopic (exact) mass is 420 g/mol. The van der Waals surface area contributed by atoms with E-state index in [9.17, 15) is 9.18 Å². The van der Waals surface area contributed by atoms with Crippen LogP contribution in [0.3, 0.4) is 0 Å². The Kier molecular flexibility index (Phi) is 5.50. The molecule has 0 unspecified atom stereocenters. The molecule has 0 saturated carbocycles. The normalized spacial score (nSPS) is 10.7. The molecule has 0 atom stereocenters. The molecule has 128 valence electrons. The molecule has 0 bridgehead atoms. The minimum absolute atomic E-state index is 0.150. The quantitative estimate of drug-likeness (QED) is 0.630. The number of thioether (sulfide) groups is 1. The van der Waals surface area contributed by atoms with Crippen LogP contribution in [0.15, 0.2) is 58.2 Å². The summed E-state index contributed by atoms with van der Waals surface area (Å²) in [5.74, 6) is 0.0958. The summed E-state index contributed by atoms with van der Waals surface area (Å²) in [4.78, 5) is 12.1. The van der Waals surface area contributed by atoms with Gasteiger partial charge in [0.1, 0.15) is 5.82 Å². The Bertz CT molecular complexity index is 898. The zero-order chi connectivity index (χ0) is 17.8. The van der Waals surface area contributed by atoms with Crippen LogP contribution in [-0.4, -0.2) is 26.4 Å². The number of carbonyl (C=O) groups is 1. The van der Waals surface area contributed by atoms with E-state index < -0.39 is 0 Å². The number of nitrogens with zero attached hydrogens (tertiary/aromatic N) is 3. The zero-order valence-electron chi connectivity index (χ0n) is 13.2. The predicted octanol–water partition coefficient (Wildman–Crippen LogP) is 4.11. The number of halogens is 2. The molecule has 0 fully saturated rings. The fourth-order valence-electron chi connectivity index (χ4n) is 2.18. The molecule has 2 aromatic carbocycles. The number of rotatable bonds is 5. The average molecular weight is 421 g/mol. The topological polar surface area (TPSA) is 59.8 Å². The van der Waals surface area contributed by atoms with Gasteiger partial charge in [-0.25, -0.2) is 4.39 Å². The van der Waals surface area contributed by atoms with Gasteiger partial charge in [0.25, 0.3) is 0 Å². The summed E-state index contributed by atoms with van der Waals surface area (Å²) < 4.78 is 16.5. The second kappa shape index (κ2) is 7.79. The van der Waals surface area contributed by atoms with Crippen LogP contribution >= 0.6 is 27.7 Å². The van der Waals surface area contributed by atoms with Gasteiger partial charge >= 0.3 is 0 Å². The first-order chi connectivity index (χ1) is 12.0. The molecule has 0 aliphatic rings. The Morgan fingerprint density at radius 3 is 2.64 bits per heavy atom. The van der Waals surface area contributed by atoms with Gasteiger partial charge in [-0.3, -0.25) is 4.79 Å². The molecule has 1 amide bonds. The minimum atomic E-state index is -0.359. The van der Waals surface area contributed by atoms with Gasteiger partial charge in [0.15, 0.2) is 11.0 Å². The first-order valence-corrected chi connectivity index (χ1v) is 9.15. The lowest BCUT2D eigenvalue weighted by molar-refractivity contribution is -0.113. The third-order valence-electron chi connectivity index (χ3n) is 3.41. The number of hydrogen-bond acceptors (Lipinski definition) is 4. The maximum atomic E-state index is 13.9. The number of aromatic nitrogens is 3. The maximum absolute atomic E-state index is 13.9. The van der Waals surface area contributed by atoms with Crippen molar-refractivity contribution in [2.45, 2.75) is 5.16 Å². The van der Waals surface area contributed by atoms with Crippen LogP contribution in [0.4, 0.5) is 10.1 Å². The SMILES string of the molecule is Cn1c(SCC(=O)Nc2ccc(Br)cc2)nnc1-c1ccccc1F. The number of hydrogen-bond donors (Lipinski definition) is 1. The summed E-state index contributed by atoms with van der Waals surface area (Å²) in [5.41, 5.74) is 1.10. The summed E-state index contributed by atoms with van der Waals surface area (Å²) in [6, 6.07) is 13.7. The molecule has 0 aliphatic carbocycles. The van der Waals surface area contributed by atoms with E-state index in [0.717, 1.165) is 10.2 Å². The van der Waals surface area contributed by atoms with E-state index in [0.29, 0.717) is 16.5 Å². The Morgan fingerprint density at radius 1 is 1.20 bits per heavy atom. The summed E-state index contributed by atoms with van der Waals surface area (Å²) >= 11 is 4.59. The van der Waals surface area contributed by atoms with Crippen molar-refractivity contribution in [2.24, 2.45) is 7.05 Å². The van der Waals surface area contributed by atoms with Crippen molar-refractivity contribution in [3.8, 4) is 11.4 Å². The highest BCUT2D eigenvalue weighted by molar-refractivity contribution is 9.10. The van der Waals surface area contributed by atoms with E-state index >= 15 is 0 Å². The molecular weight excluding hydrogens is 407 g/mol. The van der Waals surface area contributed by atoms with Gasteiger partial charge in [0.05, 0.1) is 11.3 Å². The number of carbonyl (C=O) groups excluding carboxylic acids is 1. The highest BCUT2D eigenvalue weighted by Gasteiger charge is 2.15. The van der Waals surface area contributed by atoms with E-state index in [2.05, 4.69) is 31.4 Å². The van der Waals surface area contributed by atoms with Crippen LogP contribution in [-0.2, 0) is 11.8 Å². The third-order valence-corrected chi connectivity index (χ3v) is 4.96. The van der Waals surface area contributed by atoms with Crippen LogP contribution < -0.4 is 5.32 Å². The molecule has 3 rings (SSSR count). The van der Waals surface area contributed by atoms with E-state index in [1.807, 2.05) is 24.3 Å². The molecule has 0 spiro atoms. The van der Waals surface area contributed by atoms with E-state index in [4.69, 9.17) is 0 Å². The van der Waals surface area contributed by atoms with Crippen molar-refractivity contribution >= 4 is 39.3 Å². The van der Waals surface area contributed by atoms with Gasteiger partial charge in [0.2, 0.25) is 5.91 Å². The molecule has 3 aromatic rings. The van der Waals surface area contributed by atoms with Gasteiger partial charge in [-0.2, -0.15) is 0 Å². The average Bonchev–Trinajstić information content (AvgIpc) is 2.96. The van der Waals surface area contributed by atoms with Crippen LogP contribution in [0.2, 0.25) is 0 Å². The number of benzene rings is 2. The molecule has 0 radical (unpaired) electrons. The van der Waals surface area contributed by atoms with Gasteiger partial charge in [-0.15, -0.1) is 10.2 Å². The molecule has 25 heavy (non-hydrogen) atoms. The summed E-state index contributed by atoms with van der Waals surface area (Å²) in [7, 11) is 1.75. The highest BCUT2D eigenvalue weighted by atomic mass is 79.9. The zero-order valence-corrected chi connectivity index (χ0v) is 15.6. The van der Waals surface area contributed by atoms with Crippen LogP contribution in [0, 0.1) is 5.82 Å². The van der Waals surface area contributed by atoms with Crippen LogP contribution in [0.5, 0.6) is 0 Å². The molecule has 1 aromatic heterocycles.